The van der Waals surface area contributed by atoms with Crippen LogP contribution in [0, 0.1) is 0 Å². The fourth-order valence-electron chi connectivity index (χ4n) is 2.96. The molecular weight excluding hydrogens is 354 g/mol. The molecule has 1 aliphatic rings. The zero-order valence-corrected chi connectivity index (χ0v) is 16.6. The van der Waals surface area contributed by atoms with Gasteiger partial charge in [-0.15, -0.1) is 0 Å². The van der Waals surface area contributed by atoms with E-state index in [2.05, 4.69) is 27.6 Å². The molecule has 2 aromatic carbocycles. The van der Waals surface area contributed by atoms with Gasteiger partial charge in [0.1, 0.15) is 5.75 Å². The lowest BCUT2D eigenvalue weighted by molar-refractivity contribution is 0.0955. The number of hydrogen-bond donors (Lipinski definition) is 1. The van der Waals surface area contributed by atoms with Gasteiger partial charge in [0.2, 0.25) is 0 Å². The van der Waals surface area contributed by atoms with Crippen LogP contribution in [0.25, 0.3) is 0 Å². The van der Waals surface area contributed by atoms with E-state index >= 15 is 0 Å². The van der Waals surface area contributed by atoms with E-state index in [-0.39, 0.29) is 12.0 Å². The zero-order chi connectivity index (χ0) is 19.9. The van der Waals surface area contributed by atoms with Crippen LogP contribution < -0.4 is 15.1 Å². The monoisotopic (exact) mass is 381 g/mol. The molecule has 0 saturated carbocycles. The number of hydrogen-bond acceptors (Lipinski definition) is 5. The number of rotatable bonds is 6. The quantitative estimate of drug-likeness (QED) is 0.615. The van der Waals surface area contributed by atoms with E-state index in [4.69, 9.17) is 9.47 Å². The number of benzene rings is 2. The van der Waals surface area contributed by atoms with Crippen LogP contribution in [0.2, 0.25) is 0 Å². The van der Waals surface area contributed by atoms with Gasteiger partial charge in [0.25, 0.3) is 5.91 Å². The Hall–Kier alpha value is -2.86. The second kappa shape index (κ2) is 9.37. The normalized spacial score (nSPS) is 14.9. The lowest BCUT2D eigenvalue weighted by atomic mass is 10.1. The van der Waals surface area contributed by atoms with Crippen LogP contribution in [0.4, 0.5) is 5.69 Å². The fourth-order valence-corrected chi connectivity index (χ4v) is 2.96. The Labute approximate surface area is 166 Å². The summed E-state index contributed by atoms with van der Waals surface area (Å²) >= 11 is 0. The second-order valence-electron chi connectivity index (χ2n) is 6.98. The molecule has 1 aliphatic heterocycles. The van der Waals surface area contributed by atoms with E-state index in [0.29, 0.717) is 5.56 Å². The molecule has 0 spiro atoms. The molecule has 1 saturated heterocycles. The number of ether oxygens (including phenoxy) is 2. The molecule has 1 amide bonds. The molecule has 1 fully saturated rings. The van der Waals surface area contributed by atoms with Crippen LogP contribution in [0.5, 0.6) is 5.75 Å². The summed E-state index contributed by atoms with van der Waals surface area (Å²) in [6.07, 6.45) is 0.0987. The highest BCUT2D eigenvalue weighted by molar-refractivity contribution is 6.01. The van der Waals surface area contributed by atoms with E-state index in [1.54, 1.807) is 24.3 Å². The van der Waals surface area contributed by atoms with Crippen molar-refractivity contribution in [1.29, 1.82) is 0 Å². The number of nitrogens with one attached hydrogen (secondary N) is 1. The van der Waals surface area contributed by atoms with Gasteiger partial charge in [-0.25, -0.2) is 5.43 Å². The SMILES string of the molecule is C/C(=N/NC(=O)c1ccc(OC(C)C)cc1)c1ccc(N2CCOCC2)cc1. The highest BCUT2D eigenvalue weighted by Gasteiger charge is 2.11. The third-order valence-corrected chi connectivity index (χ3v) is 4.47. The molecule has 3 rings (SSSR count). The van der Waals surface area contributed by atoms with Crippen molar-refractivity contribution < 1.29 is 14.3 Å². The molecule has 0 unspecified atom stereocenters. The summed E-state index contributed by atoms with van der Waals surface area (Å²) in [7, 11) is 0. The smallest absolute Gasteiger partial charge is 0.271 e. The third kappa shape index (κ3) is 5.33. The molecule has 6 heteroatoms. The summed E-state index contributed by atoms with van der Waals surface area (Å²) in [4.78, 5) is 14.6. The first-order chi connectivity index (χ1) is 13.5. The molecule has 0 aliphatic carbocycles. The van der Waals surface area contributed by atoms with Crippen LogP contribution in [-0.2, 0) is 4.74 Å². The van der Waals surface area contributed by atoms with Crippen molar-refractivity contribution in [1.82, 2.24) is 5.43 Å². The van der Waals surface area contributed by atoms with Crippen molar-refractivity contribution in [2.75, 3.05) is 31.2 Å². The Kier molecular flexibility index (Phi) is 6.66. The Morgan fingerprint density at radius 3 is 2.25 bits per heavy atom. The summed E-state index contributed by atoms with van der Waals surface area (Å²) in [5.41, 5.74) is 6.05. The van der Waals surface area contributed by atoms with Crippen molar-refractivity contribution in [3.63, 3.8) is 0 Å². The number of hydrazone groups is 1. The summed E-state index contributed by atoms with van der Waals surface area (Å²) in [6.45, 7) is 9.14. The van der Waals surface area contributed by atoms with Crippen molar-refractivity contribution in [3.8, 4) is 5.75 Å². The van der Waals surface area contributed by atoms with Gasteiger partial charge < -0.3 is 14.4 Å². The van der Waals surface area contributed by atoms with Crippen LogP contribution >= 0.6 is 0 Å². The van der Waals surface area contributed by atoms with Gasteiger partial charge in [-0.05, 0) is 62.7 Å². The maximum Gasteiger partial charge on any atom is 0.271 e. The molecule has 148 valence electrons. The molecule has 0 bridgehead atoms. The van der Waals surface area contributed by atoms with E-state index in [0.717, 1.165) is 43.3 Å². The van der Waals surface area contributed by atoms with Crippen molar-refractivity contribution in [2.45, 2.75) is 26.9 Å². The van der Waals surface area contributed by atoms with E-state index < -0.39 is 0 Å². The second-order valence-corrected chi connectivity index (χ2v) is 6.98. The Morgan fingerprint density at radius 2 is 1.64 bits per heavy atom. The van der Waals surface area contributed by atoms with Gasteiger partial charge >= 0.3 is 0 Å². The standard InChI is InChI=1S/C22H27N3O3/c1-16(2)28-21-10-6-19(7-11-21)22(26)24-23-17(3)18-4-8-20(9-5-18)25-12-14-27-15-13-25/h4-11,16H,12-15H2,1-3H3,(H,24,26)/b23-17-. The fraction of sp³-hybridized carbons (Fsp3) is 0.364. The van der Waals surface area contributed by atoms with Crippen molar-refractivity contribution in [2.24, 2.45) is 5.10 Å². The highest BCUT2D eigenvalue weighted by Crippen LogP contribution is 2.17. The lowest BCUT2D eigenvalue weighted by Crippen LogP contribution is -2.36. The van der Waals surface area contributed by atoms with Gasteiger partial charge in [-0.3, -0.25) is 4.79 Å². The molecular formula is C22H27N3O3. The first-order valence-corrected chi connectivity index (χ1v) is 9.57. The van der Waals surface area contributed by atoms with Crippen molar-refractivity contribution >= 4 is 17.3 Å². The molecule has 1 heterocycles. The summed E-state index contributed by atoms with van der Waals surface area (Å²) < 4.78 is 11.0. The van der Waals surface area contributed by atoms with Crippen LogP contribution in [0.1, 0.15) is 36.7 Å². The maximum atomic E-state index is 12.3. The molecule has 1 N–H and O–H groups in total. The maximum absolute atomic E-state index is 12.3. The highest BCUT2D eigenvalue weighted by atomic mass is 16.5. The predicted molar refractivity (Wildman–Crippen MR) is 111 cm³/mol. The Morgan fingerprint density at radius 1 is 1.04 bits per heavy atom. The molecule has 2 aromatic rings. The first kappa shape index (κ1) is 19.9. The molecule has 0 atom stereocenters. The van der Waals surface area contributed by atoms with E-state index in [9.17, 15) is 4.79 Å². The Balaban J connectivity index is 1.59. The number of nitrogens with zero attached hydrogens (tertiary/aromatic N) is 2. The number of anilines is 1. The average Bonchev–Trinajstić information content (AvgIpc) is 2.72. The summed E-state index contributed by atoms with van der Waals surface area (Å²) in [5, 5.41) is 4.24. The van der Waals surface area contributed by atoms with Gasteiger partial charge in [-0.1, -0.05) is 12.1 Å². The minimum Gasteiger partial charge on any atom is -0.491 e. The van der Waals surface area contributed by atoms with Crippen LogP contribution in [0.15, 0.2) is 53.6 Å². The minimum atomic E-state index is -0.250. The van der Waals surface area contributed by atoms with Gasteiger partial charge in [0.15, 0.2) is 0 Å². The lowest BCUT2D eigenvalue weighted by Gasteiger charge is -2.28. The Bertz CT molecular complexity index is 808. The molecule has 0 radical (unpaired) electrons. The minimum absolute atomic E-state index is 0.0987. The largest absolute Gasteiger partial charge is 0.491 e. The molecule has 6 nitrogen and oxygen atoms in total. The topological polar surface area (TPSA) is 63.2 Å². The number of amides is 1. The van der Waals surface area contributed by atoms with E-state index in [1.165, 1.54) is 5.69 Å². The molecule has 0 aromatic heterocycles. The number of carbonyl (C=O) groups excluding carboxylic acids is 1. The first-order valence-electron chi connectivity index (χ1n) is 9.57. The third-order valence-electron chi connectivity index (χ3n) is 4.47. The summed E-state index contributed by atoms with van der Waals surface area (Å²) in [5.74, 6) is 0.493. The zero-order valence-electron chi connectivity index (χ0n) is 16.6. The number of morpholine rings is 1. The van der Waals surface area contributed by atoms with Gasteiger partial charge in [0, 0.05) is 24.3 Å². The average molecular weight is 381 g/mol. The number of carbonyl (C=O) groups is 1. The van der Waals surface area contributed by atoms with E-state index in [1.807, 2.05) is 32.9 Å². The van der Waals surface area contributed by atoms with Gasteiger partial charge in [-0.2, -0.15) is 5.10 Å². The van der Waals surface area contributed by atoms with Crippen LogP contribution in [0.3, 0.4) is 0 Å². The van der Waals surface area contributed by atoms with Crippen molar-refractivity contribution in [3.05, 3.63) is 59.7 Å². The van der Waals surface area contributed by atoms with Gasteiger partial charge in [0.05, 0.1) is 25.0 Å². The predicted octanol–water partition coefficient (Wildman–Crippen LogP) is 3.46. The summed E-state index contributed by atoms with van der Waals surface area (Å²) in [6, 6.07) is 15.2. The molecule has 28 heavy (non-hydrogen) atoms. The van der Waals surface area contributed by atoms with Crippen LogP contribution in [-0.4, -0.2) is 44.0 Å².